The molecule has 0 fully saturated rings. The van der Waals surface area contributed by atoms with Gasteiger partial charge in [-0.05, 0) is 43.4 Å². The molecule has 0 aromatic heterocycles. The number of esters is 4. The van der Waals surface area contributed by atoms with E-state index in [-0.39, 0.29) is 25.7 Å². The first-order valence-corrected chi connectivity index (χ1v) is 41.3. The average molecular weight is 1370 g/mol. The van der Waals surface area contributed by atoms with Crippen molar-refractivity contribution >= 4 is 39.5 Å². The lowest BCUT2D eigenvalue weighted by atomic mass is 10.0. The summed E-state index contributed by atoms with van der Waals surface area (Å²) in [5.74, 6) is 0.158. The van der Waals surface area contributed by atoms with Crippen molar-refractivity contribution in [3.05, 3.63) is 0 Å². The minimum Gasteiger partial charge on any atom is -0.462 e. The van der Waals surface area contributed by atoms with Crippen molar-refractivity contribution in [2.45, 2.75) is 394 Å². The molecule has 3 N–H and O–H groups in total. The zero-order valence-corrected chi connectivity index (χ0v) is 62.5. The fourth-order valence-electron chi connectivity index (χ4n) is 11.2. The maximum atomic E-state index is 13.1. The third-order valence-electron chi connectivity index (χ3n) is 17.1. The van der Waals surface area contributed by atoms with E-state index >= 15 is 0 Å². The van der Waals surface area contributed by atoms with Gasteiger partial charge >= 0.3 is 39.5 Å². The minimum atomic E-state index is -4.96. The fourth-order valence-corrected chi connectivity index (χ4v) is 12.8. The van der Waals surface area contributed by atoms with Crippen LogP contribution in [0.2, 0.25) is 0 Å². The van der Waals surface area contributed by atoms with E-state index in [1.165, 1.54) is 186 Å². The van der Waals surface area contributed by atoms with Crippen LogP contribution in [-0.4, -0.2) is 96.7 Å². The van der Waals surface area contributed by atoms with Crippen molar-refractivity contribution < 1.29 is 80.2 Å². The van der Waals surface area contributed by atoms with E-state index in [2.05, 4.69) is 48.5 Å². The Hall–Kier alpha value is -1.94. The number of hydrogen-bond donors (Lipinski definition) is 3. The summed E-state index contributed by atoms with van der Waals surface area (Å²) in [6.45, 7) is 11.9. The monoisotopic (exact) mass is 1370 g/mol. The van der Waals surface area contributed by atoms with Crippen LogP contribution in [-0.2, 0) is 65.4 Å². The number of hydrogen-bond acceptors (Lipinski definition) is 15. The SMILES string of the molecule is CCCCCCCCCCCCCC(=O)OC[C@H](COP(=O)(O)OC[C@H](O)COP(=O)(O)OC[C@@H](COC(=O)CCCCCCCCCCCCC(C)C)OC(=O)CCCCCCCCCCCCCCCCCC(C)C)OC(=O)CCCCCCCCCCC(C)C. The topological polar surface area (TPSA) is 237 Å². The summed E-state index contributed by atoms with van der Waals surface area (Å²) in [7, 11) is -9.91. The molecule has 0 radical (unpaired) electrons. The van der Waals surface area contributed by atoms with Gasteiger partial charge in [0.2, 0.25) is 0 Å². The Kier molecular flexibility index (Phi) is 63.4. The van der Waals surface area contributed by atoms with Crippen molar-refractivity contribution in [3.8, 4) is 0 Å². The highest BCUT2D eigenvalue weighted by Gasteiger charge is 2.30. The van der Waals surface area contributed by atoms with Crippen molar-refractivity contribution in [1.82, 2.24) is 0 Å². The lowest BCUT2D eigenvalue weighted by Crippen LogP contribution is -2.30. The van der Waals surface area contributed by atoms with Gasteiger partial charge in [0.25, 0.3) is 0 Å². The number of ether oxygens (including phenoxy) is 4. The van der Waals surface area contributed by atoms with E-state index in [4.69, 9.17) is 37.0 Å². The van der Waals surface area contributed by atoms with Crippen molar-refractivity contribution in [2.75, 3.05) is 39.6 Å². The highest BCUT2D eigenvalue weighted by Crippen LogP contribution is 2.45. The second kappa shape index (κ2) is 64.7. The highest BCUT2D eigenvalue weighted by atomic mass is 31.2. The molecular formula is C74H144O17P2. The molecule has 0 amide bonds. The molecule has 0 aliphatic rings. The summed E-state index contributed by atoms with van der Waals surface area (Å²) in [6, 6.07) is 0. The number of phosphoric acid groups is 2. The van der Waals surface area contributed by atoms with Gasteiger partial charge in [0.15, 0.2) is 12.2 Å². The molecule has 0 spiro atoms. The molecule has 0 aromatic rings. The molecule has 0 saturated heterocycles. The zero-order valence-electron chi connectivity index (χ0n) is 60.7. The molecule has 19 heteroatoms. The predicted octanol–water partition coefficient (Wildman–Crippen LogP) is 21.4. The van der Waals surface area contributed by atoms with Gasteiger partial charge in [-0.15, -0.1) is 0 Å². The largest absolute Gasteiger partial charge is 0.472 e. The Bertz CT molecular complexity index is 1820. The lowest BCUT2D eigenvalue weighted by Gasteiger charge is -2.21. The molecule has 17 nitrogen and oxygen atoms in total. The summed E-state index contributed by atoms with van der Waals surface area (Å²) in [4.78, 5) is 72.7. The third kappa shape index (κ3) is 68.4. The highest BCUT2D eigenvalue weighted by molar-refractivity contribution is 7.47. The number of aliphatic hydroxyl groups excluding tert-OH is 1. The second-order valence-electron chi connectivity index (χ2n) is 28.1. The number of carbonyl (C=O) groups is 4. The number of aliphatic hydroxyl groups is 1. The van der Waals surface area contributed by atoms with Crippen molar-refractivity contribution in [2.24, 2.45) is 17.8 Å². The summed E-state index contributed by atoms with van der Waals surface area (Å²) in [5, 5.41) is 10.6. The molecule has 93 heavy (non-hydrogen) atoms. The van der Waals surface area contributed by atoms with Gasteiger partial charge in [-0.25, -0.2) is 9.13 Å². The maximum absolute atomic E-state index is 13.1. The molecule has 2 unspecified atom stereocenters. The normalized spacial score (nSPS) is 14.1. The molecule has 0 rings (SSSR count). The van der Waals surface area contributed by atoms with Gasteiger partial charge in [-0.3, -0.25) is 37.3 Å². The Labute approximate surface area is 568 Å². The molecule has 0 aromatic carbocycles. The van der Waals surface area contributed by atoms with E-state index in [0.29, 0.717) is 25.7 Å². The smallest absolute Gasteiger partial charge is 0.462 e. The Morgan fingerprint density at radius 2 is 0.495 bits per heavy atom. The Morgan fingerprint density at radius 1 is 0.290 bits per heavy atom. The number of rotatable bonds is 72. The van der Waals surface area contributed by atoms with Gasteiger partial charge < -0.3 is 33.8 Å². The second-order valence-corrected chi connectivity index (χ2v) is 31.0. The zero-order chi connectivity index (χ0) is 68.7. The van der Waals surface area contributed by atoms with Crippen LogP contribution in [0.5, 0.6) is 0 Å². The minimum absolute atomic E-state index is 0.105. The average Bonchev–Trinajstić information content (AvgIpc) is 3.41. The molecule has 5 atom stereocenters. The van der Waals surface area contributed by atoms with Crippen LogP contribution in [0, 0.1) is 17.8 Å². The predicted molar refractivity (Wildman–Crippen MR) is 377 cm³/mol. The quantitative estimate of drug-likeness (QED) is 0.0222. The van der Waals surface area contributed by atoms with E-state index in [1.54, 1.807) is 0 Å². The summed E-state index contributed by atoms with van der Waals surface area (Å²) in [5.41, 5.74) is 0. The van der Waals surface area contributed by atoms with Gasteiger partial charge in [0, 0.05) is 25.7 Å². The van der Waals surface area contributed by atoms with Gasteiger partial charge in [-0.1, -0.05) is 325 Å². The van der Waals surface area contributed by atoms with Crippen molar-refractivity contribution in [3.63, 3.8) is 0 Å². The first kappa shape index (κ1) is 91.1. The van der Waals surface area contributed by atoms with E-state index in [0.717, 1.165) is 108 Å². The van der Waals surface area contributed by atoms with Crippen LogP contribution >= 0.6 is 15.6 Å². The number of carbonyl (C=O) groups excluding carboxylic acids is 4. The summed E-state index contributed by atoms with van der Waals surface area (Å²) < 4.78 is 68.4. The third-order valence-corrected chi connectivity index (χ3v) is 19.0. The van der Waals surface area contributed by atoms with Gasteiger partial charge in [0.05, 0.1) is 26.4 Å². The number of phosphoric ester groups is 2. The molecule has 0 heterocycles. The summed E-state index contributed by atoms with van der Waals surface area (Å²) in [6.07, 6.45) is 49.9. The van der Waals surface area contributed by atoms with Crippen LogP contribution in [0.25, 0.3) is 0 Å². The van der Waals surface area contributed by atoms with Crippen molar-refractivity contribution in [1.29, 1.82) is 0 Å². The van der Waals surface area contributed by atoms with Crippen LogP contribution in [0.3, 0.4) is 0 Å². The Morgan fingerprint density at radius 3 is 0.731 bits per heavy atom. The first-order chi connectivity index (χ1) is 44.7. The molecule has 0 bridgehead atoms. The van der Waals surface area contributed by atoms with E-state index < -0.39 is 97.5 Å². The molecule has 0 aliphatic carbocycles. The van der Waals surface area contributed by atoms with Crippen LogP contribution < -0.4 is 0 Å². The standard InChI is InChI=1S/C74H144O17P2/c1-8-9-10-11-12-13-19-26-34-41-48-55-71(76)84-62-70(91-74(79)58-51-44-37-30-29-33-40-47-54-67(6)7)64-89-93(82,83)87-60-68(75)59-86-92(80,81)88-63-69(61-85-72(77)56-49-42-35-27-23-22-25-32-39-46-53-66(4)5)90-73(78)57-50-43-36-28-21-18-16-14-15-17-20-24-31-38-45-52-65(2)3/h65-70,75H,8-64H2,1-7H3,(H,80,81)(H,82,83)/t68-,69-,70-/m1/s1. The molecule has 0 saturated carbocycles. The molecule has 0 aliphatic heterocycles. The molecule has 552 valence electrons. The van der Waals surface area contributed by atoms with Crippen LogP contribution in [0.15, 0.2) is 0 Å². The van der Waals surface area contributed by atoms with Gasteiger partial charge in [-0.2, -0.15) is 0 Å². The van der Waals surface area contributed by atoms with E-state index in [1.807, 2.05) is 0 Å². The molecular weight excluding hydrogens is 1220 g/mol. The fraction of sp³-hybridized carbons (Fsp3) is 0.946. The van der Waals surface area contributed by atoms with Crippen LogP contribution in [0.4, 0.5) is 0 Å². The van der Waals surface area contributed by atoms with Gasteiger partial charge in [0.1, 0.15) is 19.3 Å². The maximum Gasteiger partial charge on any atom is 0.472 e. The summed E-state index contributed by atoms with van der Waals surface area (Å²) >= 11 is 0. The number of unbranched alkanes of at least 4 members (excludes halogenated alkanes) is 40. The van der Waals surface area contributed by atoms with E-state index in [9.17, 15) is 43.2 Å². The Balaban J connectivity index is 5.24. The lowest BCUT2D eigenvalue weighted by molar-refractivity contribution is -0.161. The van der Waals surface area contributed by atoms with Crippen LogP contribution in [0.1, 0.15) is 376 Å². The first-order valence-electron chi connectivity index (χ1n) is 38.3.